The van der Waals surface area contributed by atoms with Gasteiger partial charge in [-0.3, -0.25) is 0 Å². The van der Waals surface area contributed by atoms with Gasteiger partial charge >= 0.3 is 0 Å². The van der Waals surface area contributed by atoms with E-state index in [-0.39, 0.29) is 0 Å². The van der Waals surface area contributed by atoms with Crippen LogP contribution in [0.5, 0.6) is 0 Å². The molecule has 3 heteroatoms. The number of halogens is 3. The zero-order valence-corrected chi connectivity index (χ0v) is 20.4. The van der Waals surface area contributed by atoms with E-state index in [9.17, 15) is 13.2 Å². The summed E-state index contributed by atoms with van der Waals surface area (Å²) < 4.78 is 40.8. The van der Waals surface area contributed by atoms with Gasteiger partial charge < -0.3 is 0 Å². The maximum Gasteiger partial charge on any atom is 0.194 e. The lowest BCUT2D eigenvalue weighted by atomic mass is 9.58. The summed E-state index contributed by atoms with van der Waals surface area (Å²) in [6, 6.07) is 2.41. The summed E-state index contributed by atoms with van der Waals surface area (Å²) in [7, 11) is 0. The van der Waals surface area contributed by atoms with Gasteiger partial charge in [-0.1, -0.05) is 77.6 Å². The van der Waals surface area contributed by atoms with Crippen LogP contribution in [0.25, 0.3) is 0 Å². The molecule has 0 amide bonds. The van der Waals surface area contributed by atoms with E-state index in [4.69, 9.17) is 0 Å². The van der Waals surface area contributed by atoms with Crippen molar-refractivity contribution in [3.8, 4) is 0 Å². The van der Waals surface area contributed by atoms with Gasteiger partial charge in [0.25, 0.3) is 0 Å². The van der Waals surface area contributed by atoms with Gasteiger partial charge in [-0.15, -0.1) is 0 Å². The van der Waals surface area contributed by atoms with Crippen LogP contribution in [-0.2, 0) is 6.42 Å². The molecule has 0 N–H and O–H groups in total. The van der Waals surface area contributed by atoms with Gasteiger partial charge in [-0.2, -0.15) is 0 Å². The molecule has 2 fully saturated rings. The minimum absolute atomic E-state index is 0.318. The SMILES string of the molecule is CCCCCCCCC[C@H]1CC[C@](CCc2cc(F)c(F)c(F)c2)(C2CCCCC2)CC1. The van der Waals surface area contributed by atoms with Crippen LogP contribution in [-0.4, -0.2) is 0 Å². The first-order valence-corrected chi connectivity index (χ1v) is 13.7. The van der Waals surface area contributed by atoms with Gasteiger partial charge in [0.2, 0.25) is 0 Å². The Morgan fingerprint density at radius 3 is 2.00 bits per heavy atom. The number of hydrogen-bond donors (Lipinski definition) is 0. The predicted octanol–water partition coefficient (Wildman–Crippen LogP) is 9.93. The van der Waals surface area contributed by atoms with Gasteiger partial charge in [0.15, 0.2) is 17.5 Å². The Kier molecular flexibility index (Phi) is 10.4. The molecule has 0 saturated heterocycles. The molecule has 1 aromatic carbocycles. The van der Waals surface area contributed by atoms with Crippen LogP contribution in [0.2, 0.25) is 0 Å². The third-order valence-electron chi connectivity index (χ3n) is 8.74. The highest BCUT2D eigenvalue weighted by molar-refractivity contribution is 5.20. The van der Waals surface area contributed by atoms with Gasteiger partial charge in [0.1, 0.15) is 0 Å². The second-order valence-electron chi connectivity index (χ2n) is 10.9. The number of rotatable bonds is 12. The van der Waals surface area contributed by atoms with Crippen molar-refractivity contribution in [3.05, 3.63) is 35.1 Å². The highest BCUT2D eigenvalue weighted by Crippen LogP contribution is 2.52. The average molecular weight is 451 g/mol. The van der Waals surface area contributed by atoms with Gasteiger partial charge in [0.05, 0.1) is 0 Å². The fourth-order valence-electron chi connectivity index (χ4n) is 6.65. The summed E-state index contributed by atoms with van der Waals surface area (Å²) in [6.07, 6.45) is 24.5. The van der Waals surface area contributed by atoms with Crippen molar-refractivity contribution in [2.75, 3.05) is 0 Å². The maximum absolute atomic E-state index is 13.7. The molecular weight excluding hydrogens is 405 g/mol. The monoisotopic (exact) mass is 450 g/mol. The highest BCUT2D eigenvalue weighted by atomic mass is 19.2. The lowest BCUT2D eigenvalue weighted by molar-refractivity contribution is 0.0378. The minimum Gasteiger partial charge on any atom is -0.204 e. The van der Waals surface area contributed by atoms with E-state index in [1.165, 1.54) is 121 Å². The van der Waals surface area contributed by atoms with Gasteiger partial charge in [-0.25, -0.2) is 13.2 Å². The Morgan fingerprint density at radius 1 is 0.781 bits per heavy atom. The van der Waals surface area contributed by atoms with Crippen LogP contribution < -0.4 is 0 Å². The normalized spacial score (nSPS) is 24.7. The van der Waals surface area contributed by atoms with Crippen molar-refractivity contribution in [2.45, 2.75) is 129 Å². The molecule has 0 atom stereocenters. The molecule has 0 unspecified atom stereocenters. The van der Waals surface area contributed by atoms with E-state index in [0.717, 1.165) is 18.3 Å². The number of aryl methyl sites for hydroxylation is 1. The molecule has 2 aliphatic rings. The molecule has 32 heavy (non-hydrogen) atoms. The Hall–Kier alpha value is -0.990. The molecule has 182 valence electrons. The largest absolute Gasteiger partial charge is 0.204 e. The third-order valence-corrected chi connectivity index (χ3v) is 8.74. The Balaban J connectivity index is 1.52. The van der Waals surface area contributed by atoms with Crippen LogP contribution in [0.1, 0.15) is 128 Å². The number of hydrogen-bond acceptors (Lipinski definition) is 0. The van der Waals surface area contributed by atoms with Gasteiger partial charge in [-0.05, 0) is 86.3 Å². The standard InChI is InChI=1S/C29H45F3/c1-2-3-4-5-6-7-9-12-23-15-18-29(19-16-23,25-13-10-8-11-14-25)20-17-24-21-26(30)28(32)27(31)22-24/h21-23,25H,2-20H2,1H3/t23-,29-. The molecule has 0 nitrogen and oxygen atoms in total. The maximum atomic E-state index is 13.7. The van der Waals surface area contributed by atoms with E-state index in [0.29, 0.717) is 17.4 Å². The summed E-state index contributed by atoms with van der Waals surface area (Å²) in [6.45, 7) is 2.27. The molecule has 2 saturated carbocycles. The second kappa shape index (κ2) is 13.0. The minimum atomic E-state index is -1.35. The second-order valence-corrected chi connectivity index (χ2v) is 10.9. The molecule has 0 radical (unpaired) electrons. The summed E-state index contributed by atoms with van der Waals surface area (Å²) in [5, 5.41) is 0. The van der Waals surface area contributed by atoms with Crippen molar-refractivity contribution in [3.63, 3.8) is 0 Å². The zero-order valence-electron chi connectivity index (χ0n) is 20.4. The van der Waals surface area contributed by atoms with E-state index < -0.39 is 17.5 Å². The summed E-state index contributed by atoms with van der Waals surface area (Å²) in [4.78, 5) is 0. The molecule has 0 heterocycles. The van der Waals surface area contributed by atoms with Crippen molar-refractivity contribution in [2.24, 2.45) is 17.3 Å². The fourth-order valence-corrected chi connectivity index (χ4v) is 6.65. The number of unbranched alkanes of at least 4 members (excludes halogenated alkanes) is 6. The summed E-state index contributed by atoms with van der Waals surface area (Å²) >= 11 is 0. The highest BCUT2D eigenvalue weighted by Gasteiger charge is 2.41. The molecule has 0 bridgehead atoms. The molecule has 0 aromatic heterocycles. The lowest BCUT2D eigenvalue weighted by Crippen LogP contribution is -2.37. The number of benzene rings is 1. The molecule has 1 aromatic rings. The Bertz CT molecular complexity index is 646. The van der Waals surface area contributed by atoms with E-state index in [1.54, 1.807) is 0 Å². The van der Waals surface area contributed by atoms with E-state index in [1.807, 2.05) is 0 Å². The average Bonchev–Trinajstić information content (AvgIpc) is 2.82. The molecule has 0 aliphatic heterocycles. The predicted molar refractivity (Wildman–Crippen MR) is 128 cm³/mol. The van der Waals surface area contributed by atoms with Crippen molar-refractivity contribution < 1.29 is 13.2 Å². The quantitative estimate of drug-likeness (QED) is 0.219. The fraction of sp³-hybridized carbons (Fsp3) is 0.793. The van der Waals surface area contributed by atoms with Gasteiger partial charge in [0, 0.05) is 0 Å². The first-order valence-electron chi connectivity index (χ1n) is 13.7. The van der Waals surface area contributed by atoms with Crippen LogP contribution in [0.15, 0.2) is 12.1 Å². The topological polar surface area (TPSA) is 0 Å². The van der Waals surface area contributed by atoms with E-state index in [2.05, 4.69) is 6.92 Å². The molecular formula is C29H45F3. The summed E-state index contributed by atoms with van der Waals surface area (Å²) in [5.74, 6) is -1.83. The summed E-state index contributed by atoms with van der Waals surface area (Å²) in [5.41, 5.74) is 0.931. The van der Waals surface area contributed by atoms with Crippen molar-refractivity contribution >= 4 is 0 Å². The molecule has 2 aliphatic carbocycles. The molecule has 0 spiro atoms. The van der Waals surface area contributed by atoms with Crippen LogP contribution >= 0.6 is 0 Å². The molecule has 3 rings (SSSR count). The Labute approximate surface area is 194 Å². The van der Waals surface area contributed by atoms with Crippen LogP contribution in [0, 0.1) is 34.7 Å². The van der Waals surface area contributed by atoms with Crippen LogP contribution in [0.3, 0.4) is 0 Å². The van der Waals surface area contributed by atoms with Crippen LogP contribution in [0.4, 0.5) is 13.2 Å². The lowest BCUT2D eigenvalue weighted by Gasteiger charge is -2.48. The van der Waals surface area contributed by atoms with E-state index >= 15 is 0 Å². The Morgan fingerprint density at radius 2 is 1.38 bits per heavy atom. The zero-order chi connectivity index (χ0) is 22.8. The third kappa shape index (κ3) is 7.26. The first-order chi connectivity index (χ1) is 15.5. The first kappa shape index (κ1) is 25.6. The van der Waals surface area contributed by atoms with Crippen molar-refractivity contribution in [1.82, 2.24) is 0 Å². The van der Waals surface area contributed by atoms with Crippen molar-refractivity contribution in [1.29, 1.82) is 0 Å². The smallest absolute Gasteiger partial charge is 0.194 e.